The van der Waals surface area contributed by atoms with Crippen molar-refractivity contribution in [3.05, 3.63) is 23.9 Å². The Balaban J connectivity index is 1.89. The molecule has 4 heteroatoms. The predicted octanol–water partition coefficient (Wildman–Crippen LogP) is 2.38. The third-order valence-electron chi connectivity index (χ3n) is 3.34. The van der Waals surface area contributed by atoms with Gasteiger partial charge in [0.05, 0.1) is 5.92 Å². The second-order valence-corrected chi connectivity index (χ2v) is 5.01. The fourth-order valence-electron chi connectivity index (χ4n) is 2.23. The van der Waals surface area contributed by atoms with Crippen LogP contribution in [0.1, 0.15) is 31.2 Å². The molecule has 1 aromatic heterocycles. The van der Waals surface area contributed by atoms with Crippen molar-refractivity contribution in [2.24, 2.45) is 5.92 Å². The van der Waals surface area contributed by atoms with Crippen LogP contribution in [0.15, 0.2) is 18.3 Å². The molecule has 1 aliphatic rings. The van der Waals surface area contributed by atoms with Crippen LogP contribution in [0.4, 0.5) is 5.82 Å². The fraction of sp³-hybridized carbons (Fsp3) is 0.571. The molecule has 1 aliphatic carbocycles. The number of rotatable bonds is 4. The number of esters is 1. The first-order valence-corrected chi connectivity index (χ1v) is 6.45. The highest BCUT2D eigenvalue weighted by molar-refractivity contribution is 5.72. The zero-order valence-corrected chi connectivity index (χ0v) is 11.1. The average molecular weight is 248 g/mol. The largest absolute Gasteiger partial charge is 0.461 e. The van der Waals surface area contributed by atoms with Gasteiger partial charge in [0.2, 0.25) is 0 Å². The summed E-state index contributed by atoms with van der Waals surface area (Å²) >= 11 is 0. The van der Waals surface area contributed by atoms with Crippen molar-refractivity contribution in [3.63, 3.8) is 0 Å². The van der Waals surface area contributed by atoms with Gasteiger partial charge in [0.1, 0.15) is 12.4 Å². The molecule has 18 heavy (non-hydrogen) atoms. The average Bonchev–Trinajstić information content (AvgIpc) is 2.90. The normalized spacial score (nSPS) is 15.7. The predicted molar refractivity (Wildman–Crippen MR) is 70.3 cm³/mol. The lowest BCUT2D eigenvalue weighted by Gasteiger charge is -2.13. The summed E-state index contributed by atoms with van der Waals surface area (Å²) in [5.74, 6) is 0.959. The molecular weight excluding hydrogens is 228 g/mol. The van der Waals surface area contributed by atoms with Crippen molar-refractivity contribution in [2.75, 3.05) is 19.0 Å². The molecule has 2 rings (SSSR count). The zero-order valence-electron chi connectivity index (χ0n) is 11.1. The smallest absolute Gasteiger partial charge is 0.309 e. The van der Waals surface area contributed by atoms with Gasteiger partial charge in [-0.05, 0) is 30.5 Å². The molecule has 0 amide bonds. The Morgan fingerprint density at radius 2 is 2.17 bits per heavy atom. The lowest BCUT2D eigenvalue weighted by molar-refractivity contribution is -0.149. The van der Waals surface area contributed by atoms with Crippen molar-refractivity contribution in [1.29, 1.82) is 0 Å². The van der Waals surface area contributed by atoms with E-state index in [-0.39, 0.29) is 11.9 Å². The highest BCUT2D eigenvalue weighted by atomic mass is 16.5. The van der Waals surface area contributed by atoms with Crippen molar-refractivity contribution in [1.82, 2.24) is 4.98 Å². The lowest BCUT2D eigenvalue weighted by atomic mass is 10.1. The quantitative estimate of drug-likeness (QED) is 0.767. The Hall–Kier alpha value is -1.58. The number of hydrogen-bond donors (Lipinski definition) is 0. The minimum absolute atomic E-state index is 0.0456. The Bertz CT molecular complexity index is 412. The summed E-state index contributed by atoms with van der Waals surface area (Å²) in [6, 6.07) is 3.83. The maximum atomic E-state index is 11.8. The molecule has 0 radical (unpaired) electrons. The van der Waals surface area contributed by atoms with Gasteiger partial charge in [-0.3, -0.25) is 4.79 Å². The number of carbonyl (C=O) groups excluding carboxylic acids is 1. The van der Waals surface area contributed by atoms with E-state index < -0.39 is 0 Å². The van der Waals surface area contributed by atoms with Crippen molar-refractivity contribution < 1.29 is 9.53 Å². The monoisotopic (exact) mass is 248 g/mol. The van der Waals surface area contributed by atoms with Gasteiger partial charge in [-0.15, -0.1) is 0 Å². The highest BCUT2D eigenvalue weighted by Crippen LogP contribution is 2.26. The summed E-state index contributed by atoms with van der Waals surface area (Å²) in [6.07, 6.45) is 6.02. The van der Waals surface area contributed by atoms with Crippen molar-refractivity contribution in [3.8, 4) is 0 Å². The minimum atomic E-state index is -0.0456. The maximum Gasteiger partial charge on any atom is 0.309 e. The van der Waals surface area contributed by atoms with E-state index in [1.165, 1.54) is 0 Å². The molecule has 1 fully saturated rings. The van der Waals surface area contributed by atoms with Crippen LogP contribution in [0.5, 0.6) is 0 Å². The Kier molecular flexibility index (Phi) is 4.18. The molecular formula is C14H20N2O2. The van der Waals surface area contributed by atoms with E-state index in [0.29, 0.717) is 6.61 Å². The van der Waals surface area contributed by atoms with E-state index >= 15 is 0 Å². The summed E-state index contributed by atoms with van der Waals surface area (Å²) in [4.78, 5) is 18.0. The molecule has 0 aromatic carbocycles. The number of aromatic nitrogens is 1. The van der Waals surface area contributed by atoms with Crippen LogP contribution >= 0.6 is 0 Å². The molecule has 0 spiro atoms. The van der Waals surface area contributed by atoms with Gasteiger partial charge in [0.15, 0.2) is 0 Å². The number of hydrogen-bond acceptors (Lipinski definition) is 4. The van der Waals surface area contributed by atoms with Crippen LogP contribution in [-0.4, -0.2) is 25.0 Å². The first-order valence-electron chi connectivity index (χ1n) is 6.45. The van der Waals surface area contributed by atoms with Crippen LogP contribution < -0.4 is 4.90 Å². The fourth-order valence-corrected chi connectivity index (χ4v) is 2.23. The number of nitrogens with zero attached hydrogens (tertiary/aromatic N) is 2. The molecule has 1 saturated carbocycles. The second kappa shape index (κ2) is 5.85. The van der Waals surface area contributed by atoms with Crippen molar-refractivity contribution in [2.45, 2.75) is 32.3 Å². The minimum Gasteiger partial charge on any atom is -0.461 e. The van der Waals surface area contributed by atoms with Gasteiger partial charge in [0, 0.05) is 20.3 Å². The van der Waals surface area contributed by atoms with E-state index in [1.54, 1.807) is 6.20 Å². The molecule has 1 aromatic rings. The topological polar surface area (TPSA) is 42.4 Å². The Labute approximate surface area is 108 Å². The van der Waals surface area contributed by atoms with Gasteiger partial charge >= 0.3 is 5.97 Å². The first kappa shape index (κ1) is 12.9. The first-order chi connectivity index (χ1) is 8.66. The number of ether oxygens (including phenoxy) is 1. The number of pyridine rings is 1. The van der Waals surface area contributed by atoms with E-state index in [9.17, 15) is 4.79 Å². The summed E-state index contributed by atoms with van der Waals surface area (Å²) in [7, 11) is 3.88. The van der Waals surface area contributed by atoms with Crippen LogP contribution in [-0.2, 0) is 16.1 Å². The van der Waals surface area contributed by atoms with Gasteiger partial charge in [-0.1, -0.05) is 12.8 Å². The van der Waals surface area contributed by atoms with Gasteiger partial charge < -0.3 is 9.64 Å². The van der Waals surface area contributed by atoms with Gasteiger partial charge in [-0.2, -0.15) is 0 Å². The van der Waals surface area contributed by atoms with Crippen LogP contribution in [0, 0.1) is 5.92 Å². The van der Waals surface area contributed by atoms with E-state index in [1.807, 2.05) is 31.1 Å². The second-order valence-electron chi connectivity index (χ2n) is 5.01. The molecule has 0 unspecified atom stereocenters. The van der Waals surface area contributed by atoms with Crippen LogP contribution in [0.3, 0.4) is 0 Å². The zero-order chi connectivity index (χ0) is 13.0. The summed E-state index contributed by atoms with van der Waals surface area (Å²) in [6.45, 7) is 0.346. The van der Waals surface area contributed by atoms with E-state index in [0.717, 1.165) is 37.1 Å². The molecule has 0 aliphatic heterocycles. The molecule has 1 heterocycles. The molecule has 0 atom stereocenters. The molecule has 98 valence electrons. The molecule has 0 N–H and O–H groups in total. The van der Waals surface area contributed by atoms with Gasteiger partial charge in [0.25, 0.3) is 0 Å². The highest BCUT2D eigenvalue weighted by Gasteiger charge is 2.23. The van der Waals surface area contributed by atoms with E-state index in [2.05, 4.69) is 4.98 Å². The number of anilines is 1. The van der Waals surface area contributed by atoms with Gasteiger partial charge in [-0.25, -0.2) is 4.98 Å². The summed E-state index contributed by atoms with van der Waals surface area (Å²) in [5, 5.41) is 0. The SMILES string of the molecule is CN(C)c1cc(COC(=O)C2CCCC2)ccn1. The Morgan fingerprint density at radius 1 is 1.44 bits per heavy atom. The van der Waals surface area contributed by atoms with Crippen molar-refractivity contribution >= 4 is 11.8 Å². The lowest BCUT2D eigenvalue weighted by Crippen LogP contribution is -2.15. The standard InChI is InChI=1S/C14H20N2O2/c1-16(2)13-9-11(7-8-15-13)10-18-14(17)12-5-3-4-6-12/h7-9,12H,3-6,10H2,1-2H3. The molecule has 0 saturated heterocycles. The molecule has 4 nitrogen and oxygen atoms in total. The van der Waals surface area contributed by atoms with Crippen LogP contribution in [0.2, 0.25) is 0 Å². The third kappa shape index (κ3) is 3.22. The maximum absolute atomic E-state index is 11.8. The Morgan fingerprint density at radius 3 is 2.83 bits per heavy atom. The van der Waals surface area contributed by atoms with Crippen LogP contribution in [0.25, 0.3) is 0 Å². The summed E-state index contributed by atoms with van der Waals surface area (Å²) in [5.41, 5.74) is 0.986. The summed E-state index contributed by atoms with van der Waals surface area (Å²) < 4.78 is 5.36. The number of carbonyl (C=O) groups is 1. The van der Waals surface area contributed by atoms with E-state index in [4.69, 9.17) is 4.74 Å². The molecule has 0 bridgehead atoms. The third-order valence-corrected chi connectivity index (χ3v) is 3.34.